The van der Waals surface area contributed by atoms with Crippen LogP contribution < -0.4 is 0 Å². The van der Waals surface area contributed by atoms with E-state index in [4.69, 9.17) is 9.47 Å². The highest BCUT2D eigenvalue weighted by Crippen LogP contribution is 2.10. The van der Waals surface area contributed by atoms with Crippen molar-refractivity contribution in [2.45, 2.75) is 65.1 Å². The van der Waals surface area contributed by atoms with Crippen molar-refractivity contribution in [1.82, 2.24) is 0 Å². The van der Waals surface area contributed by atoms with Crippen LogP contribution in [0, 0.1) is 0 Å². The van der Waals surface area contributed by atoms with Crippen LogP contribution >= 0.6 is 22.6 Å². The van der Waals surface area contributed by atoms with Gasteiger partial charge in [-0.1, -0.05) is 41.2 Å². The van der Waals surface area contributed by atoms with Crippen LogP contribution in [-0.4, -0.2) is 23.9 Å². The SMILES string of the molecule is CCOC(CCCCC/C=C\CCCI)OCC. The second kappa shape index (κ2) is 15.4. The summed E-state index contributed by atoms with van der Waals surface area (Å²) in [4.78, 5) is 0. The first-order valence-corrected chi connectivity index (χ1v) is 8.81. The van der Waals surface area contributed by atoms with E-state index in [1.807, 2.05) is 13.8 Å². The third kappa shape index (κ3) is 12.8. The summed E-state index contributed by atoms with van der Waals surface area (Å²) in [6.07, 6.45) is 13.2. The zero-order chi connectivity index (χ0) is 13.5. The summed E-state index contributed by atoms with van der Waals surface area (Å²) in [7, 11) is 0. The summed E-state index contributed by atoms with van der Waals surface area (Å²) in [5, 5.41) is 0. The first kappa shape index (κ1) is 18.4. The molecule has 0 amide bonds. The van der Waals surface area contributed by atoms with Crippen molar-refractivity contribution < 1.29 is 9.47 Å². The van der Waals surface area contributed by atoms with Gasteiger partial charge in [-0.2, -0.15) is 0 Å². The van der Waals surface area contributed by atoms with Crippen LogP contribution in [0.15, 0.2) is 12.2 Å². The van der Waals surface area contributed by atoms with Crippen molar-refractivity contribution in [2.75, 3.05) is 17.6 Å². The molecule has 0 unspecified atom stereocenters. The second-order valence-electron chi connectivity index (χ2n) is 4.28. The molecule has 0 aromatic rings. The average molecular weight is 368 g/mol. The standard InChI is InChI=1S/C15H29IO2/c1-3-17-15(18-4-2)13-11-9-7-5-6-8-10-12-14-16/h6,8,15H,3-5,7,9-14H2,1-2H3/b8-6-. The van der Waals surface area contributed by atoms with Gasteiger partial charge in [0.05, 0.1) is 0 Å². The van der Waals surface area contributed by atoms with Gasteiger partial charge in [0.25, 0.3) is 0 Å². The van der Waals surface area contributed by atoms with E-state index < -0.39 is 0 Å². The van der Waals surface area contributed by atoms with E-state index in [-0.39, 0.29) is 6.29 Å². The van der Waals surface area contributed by atoms with Gasteiger partial charge in [-0.05, 0) is 56.8 Å². The van der Waals surface area contributed by atoms with Crippen molar-refractivity contribution in [1.29, 1.82) is 0 Å². The van der Waals surface area contributed by atoms with Crippen LogP contribution in [0.5, 0.6) is 0 Å². The monoisotopic (exact) mass is 368 g/mol. The van der Waals surface area contributed by atoms with Gasteiger partial charge in [0.15, 0.2) is 6.29 Å². The van der Waals surface area contributed by atoms with E-state index >= 15 is 0 Å². The molecule has 0 aliphatic rings. The topological polar surface area (TPSA) is 18.5 Å². The Balaban J connectivity index is 3.34. The molecule has 18 heavy (non-hydrogen) atoms. The summed E-state index contributed by atoms with van der Waals surface area (Å²) in [5.41, 5.74) is 0. The molecule has 2 nitrogen and oxygen atoms in total. The number of allylic oxidation sites excluding steroid dienone is 2. The molecule has 0 N–H and O–H groups in total. The zero-order valence-corrected chi connectivity index (χ0v) is 14.2. The van der Waals surface area contributed by atoms with E-state index in [0.717, 1.165) is 19.6 Å². The van der Waals surface area contributed by atoms with Gasteiger partial charge in [-0.15, -0.1) is 0 Å². The van der Waals surface area contributed by atoms with E-state index in [1.165, 1.54) is 43.0 Å². The van der Waals surface area contributed by atoms with E-state index in [0.29, 0.717) is 0 Å². The molecule has 0 fully saturated rings. The lowest BCUT2D eigenvalue weighted by Gasteiger charge is -2.16. The van der Waals surface area contributed by atoms with Crippen molar-refractivity contribution in [3.63, 3.8) is 0 Å². The number of hydrogen-bond donors (Lipinski definition) is 0. The first-order valence-electron chi connectivity index (χ1n) is 7.29. The van der Waals surface area contributed by atoms with Crippen LogP contribution in [0.4, 0.5) is 0 Å². The molecule has 0 saturated carbocycles. The Morgan fingerprint density at radius 1 is 0.889 bits per heavy atom. The highest BCUT2D eigenvalue weighted by molar-refractivity contribution is 14.1. The minimum Gasteiger partial charge on any atom is -0.353 e. The third-order valence-corrected chi connectivity index (χ3v) is 3.45. The summed E-state index contributed by atoms with van der Waals surface area (Å²) in [6, 6.07) is 0. The number of hydrogen-bond acceptors (Lipinski definition) is 2. The molecule has 0 radical (unpaired) electrons. The van der Waals surface area contributed by atoms with Gasteiger partial charge in [-0.25, -0.2) is 0 Å². The summed E-state index contributed by atoms with van der Waals surface area (Å²) < 4.78 is 12.3. The maximum Gasteiger partial charge on any atom is 0.157 e. The number of rotatable bonds is 13. The van der Waals surface area contributed by atoms with Crippen molar-refractivity contribution in [3.8, 4) is 0 Å². The number of halogens is 1. The third-order valence-electron chi connectivity index (χ3n) is 2.69. The van der Waals surface area contributed by atoms with Crippen LogP contribution in [0.25, 0.3) is 0 Å². The Morgan fingerprint density at radius 2 is 1.50 bits per heavy atom. The van der Waals surface area contributed by atoms with Gasteiger partial charge in [0, 0.05) is 13.2 Å². The number of unbranched alkanes of at least 4 members (excludes halogenated alkanes) is 4. The van der Waals surface area contributed by atoms with E-state index in [9.17, 15) is 0 Å². The molecule has 0 aliphatic carbocycles. The van der Waals surface area contributed by atoms with Crippen molar-refractivity contribution in [3.05, 3.63) is 12.2 Å². The average Bonchev–Trinajstić information content (AvgIpc) is 2.37. The van der Waals surface area contributed by atoms with Crippen LogP contribution in [0.1, 0.15) is 58.8 Å². The predicted octanol–water partition coefficient (Wildman–Crippen LogP) is 5.11. The maximum absolute atomic E-state index is 5.52. The Labute approximate surface area is 127 Å². The zero-order valence-electron chi connectivity index (χ0n) is 12.0. The molecule has 0 saturated heterocycles. The lowest BCUT2D eigenvalue weighted by atomic mass is 10.1. The van der Waals surface area contributed by atoms with Crippen LogP contribution in [0.3, 0.4) is 0 Å². The molecule has 0 aliphatic heterocycles. The lowest BCUT2D eigenvalue weighted by molar-refractivity contribution is -0.140. The molecular formula is C15H29IO2. The van der Waals surface area contributed by atoms with Crippen LogP contribution in [-0.2, 0) is 9.47 Å². The molecule has 0 aromatic carbocycles. The molecule has 0 aromatic heterocycles. The normalized spacial score (nSPS) is 11.8. The van der Waals surface area contributed by atoms with E-state index in [2.05, 4.69) is 34.7 Å². The molecule has 0 atom stereocenters. The number of ether oxygens (including phenoxy) is 2. The largest absolute Gasteiger partial charge is 0.353 e. The molecule has 0 rings (SSSR count). The van der Waals surface area contributed by atoms with Gasteiger partial charge in [0.2, 0.25) is 0 Å². The summed E-state index contributed by atoms with van der Waals surface area (Å²) >= 11 is 2.43. The molecule has 0 spiro atoms. The predicted molar refractivity (Wildman–Crippen MR) is 87.4 cm³/mol. The maximum atomic E-state index is 5.52. The van der Waals surface area contributed by atoms with Gasteiger partial charge in [-0.3, -0.25) is 0 Å². The van der Waals surface area contributed by atoms with Gasteiger partial charge < -0.3 is 9.47 Å². The highest BCUT2D eigenvalue weighted by Gasteiger charge is 2.06. The lowest BCUT2D eigenvalue weighted by Crippen LogP contribution is -2.17. The Bertz CT molecular complexity index is 177. The second-order valence-corrected chi connectivity index (χ2v) is 5.36. The Morgan fingerprint density at radius 3 is 2.06 bits per heavy atom. The fourth-order valence-electron chi connectivity index (χ4n) is 1.77. The highest BCUT2D eigenvalue weighted by atomic mass is 127. The molecule has 0 bridgehead atoms. The number of alkyl halides is 1. The molecule has 3 heteroatoms. The van der Waals surface area contributed by atoms with Crippen molar-refractivity contribution in [2.24, 2.45) is 0 Å². The molecule has 0 heterocycles. The summed E-state index contributed by atoms with van der Waals surface area (Å²) in [5.74, 6) is 0. The molecular weight excluding hydrogens is 339 g/mol. The minimum absolute atomic E-state index is 0.0131. The minimum atomic E-state index is 0.0131. The summed E-state index contributed by atoms with van der Waals surface area (Å²) in [6.45, 7) is 5.52. The van der Waals surface area contributed by atoms with Gasteiger partial charge >= 0.3 is 0 Å². The Kier molecular flexibility index (Phi) is 15.8. The fourth-order valence-corrected chi connectivity index (χ4v) is 2.21. The van der Waals surface area contributed by atoms with Crippen molar-refractivity contribution >= 4 is 22.6 Å². The molecule has 108 valence electrons. The first-order chi connectivity index (χ1) is 8.85. The van der Waals surface area contributed by atoms with E-state index in [1.54, 1.807) is 0 Å². The smallest absolute Gasteiger partial charge is 0.157 e. The van der Waals surface area contributed by atoms with Gasteiger partial charge in [0.1, 0.15) is 0 Å². The quantitative estimate of drug-likeness (QED) is 0.148. The van der Waals surface area contributed by atoms with Crippen LogP contribution in [0.2, 0.25) is 0 Å². The Hall–Kier alpha value is 0.390. The fraction of sp³-hybridized carbons (Fsp3) is 0.867.